The van der Waals surface area contributed by atoms with Crippen molar-refractivity contribution >= 4 is 30.1 Å². The van der Waals surface area contributed by atoms with E-state index in [9.17, 15) is 9.59 Å². The third-order valence-corrected chi connectivity index (χ3v) is 8.99. The Morgan fingerprint density at radius 2 is 1.40 bits per heavy atom. The van der Waals surface area contributed by atoms with Gasteiger partial charge in [0.15, 0.2) is 0 Å². The fourth-order valence-electron chi connectivity index (χ4n) is 6.50. The van der Waals surface area contributed by atoms with Gasteiger partial charge in [-0.25, -0.2) is 0 Å². The van der Waals surface area contributed by atoms with Gasteiger partial charge in [-0.3, -0.25) is 15.0 Å². The highest BCUT2D eigenvalue weighted by atomic mass is 35.5. The number of ether oxygens (including phenoxy) is 2. The lowest BCUT2D eigenvalue weighted by Gasteiger charge is -2.27. The second-order valence-electron chi connectivity index (χ2n) is 12.1. The van der Waals surface area contributed by atoms with Crippen LogP contribution in [0.4, 0.5) is 0 Å². The molecule has 1 saturated heterocycles. The van der Waals surface area contributed by atoms with Crippen LogP contribution in [0.1, 0.15) is 48.8 Å². The number of halogens is 1. The molecular formula is C39H44ClN3O4. The van der Waals surface area contributed by atoms with Gasteiger partial charge in [-0.2, -0.15) is 0 Å². The van der Waals surface area contributed by atoms with Crippen LogP contribution in [0.25, 0.3) is 11.1 Å². The Morgan fingerprint density at radius 3 is 1.96 bits per heavy atom. The minimum absolute atomic E-state index is 0. The Kier molecular flexibility index (Phi) is 12.6. The number of nitrogens with two attached hydrogens (primary N) is 1. The fraction of sp³-hybridized carbons (Fsp3) is 0.308. The SMILES string of the molecule is COC(=O)C[C@]1(CCCc2ccccc2)C[C@@H](COc2ccc(-c3ccc(C(=N)N)cc3)cc2)N(CCCc2ccccc2)C1=O.Cl. The molecule has 246 valence electrons. The first-order valence-electron chi connectivity index (χ1n) is 16.0. The first-order valence-corrected chi connectivity index (χ1v) is 16.0. The Morgan fingerprint density at radius 1 is 0.851 bits per heavy atom. The number of carbonyl (C=O) groups excluding carboxylic acids is 2. The van der Waals surface area contributed by atoms with Crippen molar-refractivity contribution in [2.45, 2.75) is 51.0 Å². The number of esters is 1. The van der Waals surface area contributed by atoms with Gasteiger partial charge in [0, 0.05) is 12.1 Å². The molecule has 0 saturated carbocycles. The van der Waals surface area contributed by atoms with Gasteiger partial charge >= 0.3 is 5.97 Å². The van der Waals surface area contributed by atoms with Crippen LogP contribution in [0.3, 0.4) is 0 Å². The van der Waals surface area contributed by atoms with E-state index in [1.165, 1.54) is 18.2 Å². The molecule has 0 aliphatic carbocycles. The zero-order valence-electron chi connectivity index (χ0n) is 26.9. The largest absolute Gasteiger partial charge is 0.491 e. The van der Waals surface area contributed by atoms with E-state index in [0.717, 1.165) is 42.6 Å². The van der Waals surface area contributed by atoms with E-state index in [0.29, 0.717) is 31.6 Å². The number of hydrogen-bond donors (Lipinski definition) is 2. The predicted molar refractivity (Wildman–Crippen MR) is 189 cm³/mol. The molecule has 1 aliphatic rings. The van der Waals surface area contributed by atoms with Crippen LogP contribution in [-0.4, -0.2) is 48.9 Å². The highest BCUT2D eigenvalue weighted by molar-refractivity contribution is 5.95. The number of nitrogens with one attached hydrogen (secondary N) is 1. The molecule has 4 aromatic carbocycles. The molecule has 1 heterocycles. The van der Waals surface area contributed by atoms with Crippen LogP contribution >= 0.6 is 12.4 Å². The summed E-state index contributed by atoms with van der Waals surface area (Å²) in [6.07, 6.45) is 4.55. The summed E-state index contributed by atoms with van der Waals surface area (Å²) in [6, 6.07) is 35.8. The van der Waals surface area contributed by atoms with Crippen LogP contribution < -0.4 is 10.5 Å². The molecule has 0 radical (unpaired) electrons. The third kappa shape index (κ3) is 9.23. The number of benzene rings is 4. The minimum atomic E-state index is -0.821. The number of methoxy groups -OCH3 is 1. The standard InChI is InChI=1S/C39H43N3O4.ClH/c1-45-36(43)27-39(24-8-14-29-10-4-2-5-11-29)26-34(42(38(39)44)25-9-15-30-12-6-3-7-13-30)28-46-35-22-20-32(21-23-35)31-16-18-33(19-17-31)37(40)41;/h2-7,10-13,16-23,34H,8-9,14-15,24-28H2,1H3,(H3,40,41);1H/t34-,39-;/m0./s1. The van der Waals surface area contributed by atoms with E-state index in [2.05, 4.69) is 24.3 Å². The zero-order valence-corrected chi connectivity index (χ0v) is 27.7. The van der Waals surface area contributed by atoms with Crippen molar-refractivity contribution in [1.82, 2.24) is 4.90 Å². The Labute approximate surface area is 284 Å². The quantitative estimate of drug-likeness (QED) is 0.0799. The second kappa shape index (κ2) is 16.8. The molecular weight excluding hydrogens is 610 g/mol. The molecule has 0 bridgehead atoms. The number of nitrogen functional groups attached to an aromatic ring is 1. The van der Waals surface area contributed by atoms with E-state index in [-0.39, 0.29) is 42.6 Å². The summed E-state index contributed by atoms with van der Waals surface area (Å²) in [6.45, 7) is 0.934. The molecule has 7 nitrogen and oxygen atoms in total. The molecule has 5 rings (SSSR count). The van der Waals surface area contributed by atoms with Crippen molar-refractivity contribution in [3.8, 4) is 16.9 Å². The molecule has 1 amide bonds. The average Bonchev–Trinajstić information content (AvgIpc) is 3.34. The molecule has 1 aliphatic heterocycles. The highest BCUT2D eigenvalue weighted by Crippen LogP contribution is 2.44. The van der Waals surface area contributed by atoms with Crippen molar-refractivity contribution in [2.75, 3.05) is 20.3 Å². The third-order valence-electron chi connectivity index (χ3n) is 8.99. The summed E-state index contributed by atoms with van der Waals surface area (Å²) < 4.78 is 11.4. The maximum atomic E-state index is 14.3. The van der Waals surface area contributed by atoms with Crippen molar-refractivity contribution in [2.24, 2.45) is 11.1 Å². The lowest BCUT2D eigenvalue weighted by molar-refractivity contribution is -0.149. The van der Waals surface area contributed by atoms with Gasteiger partial charge in [0.25, 0.3) is 0 Å². The summed E-state index contributed by atoms with van der Waals surface area (Å²) >= 11 is 0. The van der Waals surface area contributed by atoms with E-state index in [4.69, 9.17) is 20.6 Å². The maximum absolute atomic E-state index is 14.3. The number of amidine groups is 1. The Bertz CT molecular complexity index is 1600. The predicted octanol–water partition coefficient (Wildman–Crippen LogP) is 7.24. The molecule has 8 heteroatoms. The lowest BCUT2D eigenvalue weighted by atomic mass is 9.76. The van der Waals surface area contributed by atoms with Crippen molar-refractivity contribution < 1.29 is 19.1 Å². The molecule has 0 unspecified atom stereocenters. The maximum Gasteiger partial charge on any atom is 0.306 e. The van der Waals surface area contributed by atoms with Gasteiger partial charge in [0.05, 0.1) is 25.0 Å². The lowest BCUT2D eigenvalue weighted by Crippen LogP contribution is -2.40. The molecule has 0 aromatic heterocycles. The van der Waals surface area contributed by atoms with E-state index >= 15 is 0 Å². The van der Waals surface area contributed by atoms with E-state index < -0.39 is 5.41 Å². The summed E-state index contributed by atoms with van der Waals surface area (Å²) in [4.78, 5) is 29.0. The highest BCUT2D eigenvalue weighted by Gasteiger charge is 2.52. The minimum Gasteiger partial charge on any atom is -0.491 e. The summed E-state index contributed by atoms with van der Waals surface area (Å²) in [5, 5.41) is 7.61. The number of aryl methyl sites for hydroxylation is 2. The van der Waals surface area contributed by atoms with Gasteiger partial charge in [-0.15, -0.1) is 12.4 Å². The number of hydrogen-bond acceptors (Lipinski definition) is 5. The molecule has 2 atom stereocenters. The first kappa shape index (κ1) is 35.2. The summed E-state index contributed by atoms with van der Waals surface area (Å²) in [7, 11) is 1.39. The van der Waals surface area contributed by atoms with Crippen LogP contribution in [0, 0.1) is 10.8 Å². The van der Waals surface area contributed by atoms with Gasteiger partial charge in [0.2, 0.25) is 5.91 Å². The zero-order chi connectivity index (χ0) is 32.4. The molecule has 47 heavy (non-hydrogen) atoms. The first-order chi connectivity index (χ1) is 22.4. The van der Waals surface area contributed by atoms with Crippen LogP contribution in [0.5, 0.6) is 5.75 Å². The molecule has 1 fully saturated rings. The Balaban J connectivity index is 0.00000500. The summed E-state index contributed by atoms with van der Waals surface area (Å²) in [5.74, 6) is 0.430. The smallest absolute Gasteiger partial charge is 0.306 e. The molecule has 4 aromatic rings. The average molecular weight is 654 g/mol. The van der Waals surface area contributed by atoms with Crippen molar-refractivity contribution in [3.63, 3.8) is 0 Å². The monoisotopic (exact) mass is 653 g/mol. The number of amides is 1. The number of rotatable bonds is 15. The topological polar surface area (TPSA) is 106 Å². The van der Waals surface area contributed by atoms with E-state index in [1.807, 2.05) is 89.8 Å². The number of likely N-dealkylation sites (tertiary alicyclic amines) is 1. The van der Waals surface area contributed by atoms with Gasteiger partial charge in [0.1, 0.15) is 18.2 Å². The molecule has 3 N–H and O–H groups in total. The number of nitrogens with zero attached hydrogens (tertiary/aromatic N) is 1. The normalized spacial score (nSPS) is 17.2. The van der Waals surface area contributed by atoms with Crippen molar-refractivity contribution in [3.05, 3.63) is 126 Å². The van der Waals surface area contributed by atoms with Gasteiger partial charge in [-0.1, -0.05) is 97.1 Å². The molecule has 0 spiro atoms. The van der Waals surface area contributed by atoms with Gasteiger partial charge in [-0.05, 0) is 72.9 Å². The second-order valence-corrected chi connectivity index (χ2v) is 12.1. The van der Waals surface area contributed by atoms with Crippen molar-refractivity contribution in [1.29, 1.82) is 5.41 Å². The van der Waals surface area contributed by atoms with Crippen LogP contribution in [0.2, 0.25) is 0 Å². The fourth-order valence-corrected chi connectivity index (χ4v) is 6.50. The van der Waals surface area contributed by atoms with Crippen LogP contribution in [-0.2, 0) is 27.2 Å². The Hall–Kier alpha value is -4.62. The summed E-state index contributed by atoms with van der Waals surface area (Å²) in [5.41, 5.74) is 9.96. The van der Waals surface area contributed by atoms with Crippen LogP contribution in [0.15, 0.2) is 109 Å². The number of carbonyl (C=O) groups is 2. The van der Waals surface area contributed by atoms with E-state index in [1.54, 1.807) is 0 Å². The van der Waals surface area contributed by atoms with Gasteiger partial charge < -0.3 is 20.1 Å².